The van der Waals surface area contributed by atoms with Gasteiger partial charge in [-0.15, -0.1) is 0 Å². The third kappa shape index (κ3) is 17.5. The molecule has 3 nitrogen and oxygen atoms in total. The highest BCUT2D eigenvalue weighted by Gasteiger charge is 2.03. The number of nitrogens with two attached hydrogens (primary N) is 1. The fraction of sp³-hybridized carbons (Fsp3) is 0.947. The van der Waals surface area contributed by atoms with Crippen molar-refractivity contribution < 1.29 is 9.90 Å². The Morgan fingerprint density at radius 3 is 1.64 bits per heavy atom. The van der Waals surface area contributed by atoms with Crippen LogP contribution in [0.5, 0.6) is 0 Å². The van der Waals surface area contributed by atoms with E-state index < -0.39 is 0 Å². The second-order valence-corrected chi connectivity index (χ2v) is 6.69. The normalized spacial score (nSPS) is 12.5. The molecule has 0 rings (SSSR count). The average molecular weight is 314 g/mol. The molecule has 0 aliphatic heterocycles. The first kappa shape index (κ1) is 21.4. The molecular formula is C19H39NO2. The summed E-state index contributed by atoms with van der Waals surface area (Å²) in [5.74, 6) is -0.174. The molecule has 0 radical (unpaired) electrons. The predicted octanol–water partition coefficient (Wildman–Crippen LogP) is 5.09. The minimum atomic E-state index is -0.174. The number of amides is 1. The van der Waals surface area contributed by atoms with Crippen LogP contribution in [0.3, 0.4) is 0 Å². The van der Waals surface area contributed by atoms with Gasteiger partial charge < -0.3 is 10.8 Å². The van der Waals surface area contributed by atoms with E-state index in [-0.39, 0.29) is 12.0 Å². The lowest BCUT2D eigenvalue weighted by Crippen LogP contribution is -2.09. The molecule has 0 aromatic rings. The molecule has 0 aliphatic carbocycles. The number of carbonyl (C=O) groups is 1. The minimum absolute atomic E-state index is 0.0675. The molecule has 3 N–H and O–H groups in total. The van der Waals surface area contributed by atoms with Crippen molar-refractivity contribution in [1.82, 2.24) is 0 Å². The Hall–Kier alpha value is -0.570. The Morgan fingerprint density at radius 1 is 0.773 bits per heavy atom. The van der Waals surface area contributed by atoms with E-state index in [1.54, 1.807) is 0 Å². The molecule has 132 valence electrons. The lowest BCUT2D eigenvalue weighted by Gasteiger charge is -2.10. The van der Waals surface area contributed by atoms with Crippen molar-refractivity contribution in [2.24, 2.45) is 5.73 Å². The quantitative estimate of drug-likeness (QED) is 0.367. The summed E-state index contributed by atoms with van der Waals surface area (Å²) in [4.78, 5) is 10.6. The zero-order chi connectivity index (χ0) is 16.5. The van der Waals surface area contributed by atoms with E-state index in [2.05, 4.69) is 6.92 Å². The van der Waals surface area contributed by atoms with Gasteiger partial charge in [0.1, 0.15) is 0 Å². The molecule has 0 heterocycles. The van der Waals surface area contributed by atoms with Gasteiger partial charge in [0.15, 0.2) is 0 Å². The molecule has 0 spiro atoms. The summed E-state index contributed by atoms with van der Waals surface area (Å²) in [5.41, 5.74) is 5.11. The van der Waals surface area contributed by atoms with Crippen LogP contribution in [-0.4, -0.2) is 17.1 Å². The van der Waals surface area contributed by atoms with Gasteiger partial charge in [0.25, 0.3) is 0 Å². The fourth-order valence-electron chi connectivity index (χ4n) is 2.87. The molecular weight excluding hydrogens is 274 g/mol. The highest BCUT2D eigenvalue weighted by molar-refractivity contribution is 5.73. The molecule has 0 fully saturated rings. The number of primary amides is 1. The van der Waals surface area contributed by atoms with Crippen molar-refractivity contribution in [2.75, 3.05) is 0 Å². The van der Waals surface area contributed by atoms with Crippen molar-refractivity contribution in [1.29, 1.82) is 0 Å². The SMILES string of the molecule is CCCCCCC(O)CCCCCCCCCCCC(N)=O. The van der Waals surface area contributed by atoms with Gasteiger partial charge in [0, 0.05) is 6.42 Å². The molecule has 0 saturated carbocycles. The van der Waals surface area contributed by atoms with Gasteiger partial charge in [-0.2, -0.15) is 0 Å². The van der Waals surface area contributed by atoms with Gasteiger partial charge >= 0.3 is 0 Å². The Labute approximate surface area is 138 Å². The van der Waals surface area contributed by atoms with Gasteiger partial charge in [-0.25, -0.2) is 0 Å². The first-order valence-electron chi connectivity index (χ1n) is 9.63. The van der Waals surface area contributed by atoms with Gasteiger partial charge in [-0.1, -0.05) is 84.0 Å². The molecule has 22 heavy (non-hydrogen) atoms. The van der Waals surface area contributed by atoms with Crippen LogP contribution in [0, 0.1) is 0 Å². The second-order valence-electron chi connectivity index (χ2n) is 6.69. The summed E-state index contributed by atoms with van der Waals surface area (Å²) >= 11 is 0. The van der Waals surface area contributed by atoms with Gasteiger partial charge in [0.05, 0.1) is 6.10 Å². The van der Waals surface area contributed by atoms with Crippen molar-refractivity contribution in [3.8, 4) is 0 Å². The predicted molar refractivity (Wildman–Crippen MR) is 94.7 cm³/mol. The van der Waals surface area contributed by atoms with Crippen LogP contribution in [0.25, 0.3) is 0 Å². The van der Waals surface area contributed by atoms with E-state index in [4.69, 9.17) is 5.73 Å². The summed E-state index contributed by atoms with van der Waals surface area (Å²) in [6.45, 7) is 2.22. The zero-order valence-corrected chi connectivity index (χ0v) is 14.8. The molecule has 0 saturated heterocycles. The Balaban J connectivity index is 3.11. The summed E-state index contributed by atoms with van der Waals surface area (Å²) < 4.78 is 0. The standard InChI is InChI=1S/C19H39NO2/c1-2-3-4-12-15-18(21)16-13-10-8-6-5-7-9-11-14-17-19(20)22/h18,21H,2-17H2,1H3,(H2,20,22). The summed E-state index contributed by atoms with van der Waals surface area (Å²) in [7, 11) is 0. The number of aliphatic hydroxyl groups excluding tert-OH is 1. The third-order valence-corrected chi connectivity index (χ3v) is 4.35. The maximum absolute atomic E-state index is 10.6. The molecule has 1 amide bonds. The van der Waals surface area contributed by atoms with E-state index in [0.717, 1.165) is 25.7 Å². The summed E-state index contributed by atoms with van der Waals surface area (Å²) in [5, 5.41) is 9.88. The van der Waals surface area contributed by atoms with Crippen molar-refractivity contribution in [2.45, 2.75) is 116 Å². The first-order valence-corrected chi connectivity index (χ1v) is 9.63. The number of carbonyl (C=O) groups excluding carboxylic acids is 1. The van der Waals surface area contributed by atoms with Crippen LogP contribution < -0.4 is 5.73 Å². The van der Waals surface area contributed by atoms with E-state index in [1.807, 2.05) is 0 Å². The maximum atomic E-state index is 10.6. The average Bonchev–Trinajstić information content (AvgIpc) is 2.49. The number of aliphatic hydroxyl groups is 1. The molecule has 0 aromatic heterocycles. The fourth-order valence-corrected chi connectivity index (χ4v) is 2.87. The number of hydrogen-bond donors (Lipinski definition) is 2. The minimum Gasteiger partial charge on any atom is -0.393 e. The van der Waals surface area contributed by atoms with Crippen molar-refractivity contribution in [3.63, 3.8) is 0 Å². The van der Waals surface area contributed by atoms with E-state index in [0.29, 0.717) is 6.42 Å². The smallest absolute Gasteiger partial charge is 0.217 e. The molecule has 0 aromatic carbocycles. The van der Waals surface area contributed by atoms with Crippen molar-refractivity contribution in [3.05, 3.63) is 0 Å². The molecule has 1 atom stereocenters. The van der Waals surface area contributed by atoms with Crippen molar-refractivity contribution >= 4 is 5.91 Å². The summed E-state index contributed by atoms with van der Waals surface area (Å²) in [6, 6.07) is 0. The molecule has 0 aliphatic rings. The van der Waals surface area contributed by atoms with Gasteiger partial charge in [-0.05, 0) is 19.3 Å². The Kier molecular flexibility index (Phi) is 16.4. The molecule has 0 bridgehead atoms. The monoisotopic (exact) mass is 313 g/mol. The van der Waals surface area contributed by atoms with E-state index in [1.165, 1.54) is 70.6 Å². The topological polar surface area (TPSA) is 63.3 Å². The summed E-state index contributed by atoms with van der Waals surface area (Å²) in [6.07, 6.45) is 18.4. The second kappa shape index (κ2) is 16.8. The van der Waals surface area contributed by atoms with Gasteiger partial charge in [-0.3, -0.25) is 4.79 Å². The lowest BCUT2D eigenvalue weighted by molar-refractivity contribution is -0.118. The van der Waals surface area contributed by atoms with Crippen LogP contribution in [0.15, 0.2) is 0 Å². The maximum Gasteiger partial charge on any atom is 0.217 e. The van der Waals surface area contributed by atoms with Crippen LogP contribution in [-0.2, 0) is 4.79 Å². The molecule has 1 unspecified atom stereocenters. The number of hydrogen-bond acceptors (Lipinski definition) is 2. The van der Waals surface area contributed by atoms with Crippen LogP contribution in [0.1, 0.15) is 110 Å². The van der Waals surface area contributed by atoms with E-state index in [9.17, 15) is 9.90 Å². The molecule has 3 heteroatoms. The number of rotatable bonds is 17. The van der Waals surface area contributed by atoms with Crippen LogP contribution >= 0.6 is 0 Å². The number of unbranched alkanes of at least 4 members (excludes halogenated alkanes) is 11. The highest BCUT2D eigenvalue weighted by atomic mass is 16.3. The first-order chi connectivity index (χ1) is 10.7. The lowest BCUT2D eigenvalue weighted by atomic mass is 10.0. The van der Waals surface area contributed by atoms with E-state index >= 15 is 0 Å². The largest absolute Gasteiger partial charge is 0.393 e. The Bertz CT molecular complexity index is 244. The highest BCUT2D eigenvalue weighted by Crippen LogP contribution is 2.14. The Morgan fingerprint density at radius 2 is 1.18 bits per heavy atom. The third-order valence-electron chi connectivity index (χ3n) is 4.35. The van der Waals surface area contributed by atoms with Gasteiger partial charge in [0.2, 0.25) is 5.91 Å². The van der Waals surface area contributed by atoms with Crippen LogP contribution in [0.2, 0.25) is 0 Å². The zero-order valence-electron chi connectivity index (χ0n) is 14.8. The van der Waals surface area contributed by atoms with Crippen LogP contribution in [0.4, 0.5) is 0 Å².